The maximum Gasteiger partial charge on any atom is 0.226 e. The van der Waals surface area contributed by atoms with Crippen molar-refractivity contribution in [1.82, 2.24) is 4.90 Å². The first-order chi connectivity index (χ1) is 10.7. The SMILES string of the molecule is O=C(C1CCOCC1)N1CCO[C@H](Cc2ccccc2Cl)C1. The minimum absolute atomic E-state index is 0.0254. The van der Waals surface area contributed by atoms with Crippen LogP contribution in [-0.2, 0) is 20.7 Å². The zero-order valence-corrected chi connectivity index (χ0v) is 13.4. The third kappa shape index (κ3) is 3.80. The molecule has 0 spiro atoms. The first-order valence-electron chi connectivity index (χ1n) is 7.95. The Morgan fingerprint density at radius 1 is 1.23 bits per heavy atom. The second kappa shape index (κ2) is 7.44. The molecule has 0 bridgehead atoms. The maximum absolute atomic E-state index is 12.6. The van der Waals surface area contributed by atoms with Gasteiger partial charge in [-0.25, -0.2) is 0 Å². The minimum Gasteiger partial charge on any atom is -0.381 e. The predicted octanol–water partition coefficient (Wildman–Crippen LogP) is 2.54. The molecule has 22 heavy (non-hydrogen) atoms. The van der Waals surface area contributed by atoms with Gasteiger partial charge in [-0.1, -0.05) is 29.8 Å². The summed E-state index contributed by atoms with van der Waals surface area (Å²) >= 11 is 6.21. The number of rotatable bonds is 3. The molecule has 0 saturated carbocycles. The average Bonchev–Trinajstić information content (AvgIpc) is 2.57. The van der Waals surface area contributed by atoms with Crippen molar-refractivity contribution in [3.63, 3.8) is 0 Å². The zero-order chi connectivity index (χ0) is 15.4. The van der Waals surface area contributed by atoms with Crippen molar-refractivity contribution in [3.8, 4) is 0 Å². The molecule has 2 saturated heterocycles. The summed E-state index contributed by atoms with van der Waals surface area (Å²) in [5, 5.41) is 0.763. The van der Waals surface area contributed by atoms with Crippen LogP contribution >= 0.6 is 11.6 Å². The van der Waals surface area contributed by atoms with Gasteiger partial charge in [0.25, 0.3) is 0 Å². The highest BCUT2D eigenvalue weighted by molar-refractivity contribution is 6.31. The number of benzene rings is 1. The summed E-state index contributed by atoms with van der Waals surface area (Å²) in [6.07, 6.45) is 2.45. The van der Waals surface area contributed by atoms with Crippen LogP contribution in [0.1, 0.15) is 18.4 Å². The smallest absolute Gasteiger partial charge is 0.226 e. The molecule has 5 heteroatoms. The van der Waals surface area contributed by atoms with E-state index in [2.05, 4.69) is 0 Å². The van der Waals surface area contributed by atoms with E-state index in [1.807, 2.05) is 29.2 Å². The van der Waals surface area contributed by atoms with E-state index < -0.39 is 0 Å². The summed E-state index contributed by atoms with van der Waals surface area (Å²) in [7, 11) is 0. The van der Waals surface area contributed by atoms with Crippen LogP contribution in [0, 0.1) is 5.92 Å². The van der Waals surface area contributed by atoms with E-state index in [0.717, 1.165) is 29.8 Å². The van der Waals surface area contributed by atoms with E-state index in [9.17, 15) is 4.79 Å². The van der Waals surface area contributed by atoms with Crippen LogP contribution in [0.25, 0.3) is 0 Å². The molecule has 0 radical (unpaired) electrons. The van der Waals surface area contributed by atoms with Gasteiger partial charge in [0.05, 0.1) is 12.7 Å². The highest BCUT2D eigenvalue weighted by Crippen LogP contribution is 2.22. The summed E-state index contributed by atoms with van der Waals surface area (Å²) < 4.78 is 11.2. The Morgan fingerprint density at radius 2 is 2.00 bits per heavy atom. The molecule has 1 aromatic carbocycles. The monoisotopic (exact) mass is 323 g/mol. The fraction of sp³-hybridized carbons (Fsp3) is 0.588. The summed E-state index contributed by atoms with van der Waals surface area (Å²) in [5.74, 6) is 0.378. The number of halogens is 1. The Hall–Kier alpha value is -1.10. The first-order valence-corrected chi connectivity index (χ1v) is 8.33. The van der Waals surface area contributed by atoms with Crippen LogP contribution in [0.5, 0.6) is 0 Å². The van der Waals surface area contributed by atoms with Crippen LogP contribution in [0.3, 0.4) is 0 Å². The van der Waals surface area contributed by atoms with Crippen molar-refractivity contribution < 1.29 is 14.3 Å². The van der Waals surface area contributed by atoms with E-state index in [4.69, 9.17) is 21.1 Å². The van der Waals surface area contributed by atoms with Crippen molar-refractivity contribution >= 4 is 17.5 Å². The maximum atomic E-state index is 12.6. The summed E-state index contributed by atoms with van der Waals surface area (Å²) in [6, 6.07) is 7.82. The van der Waals surface area contributed by atoms with Gasteiger partial charge in [0.2, 0.25) is 5.91 Å². The Bertz CT molecular complexity index is 516. The Morgan fingerprint density at radius 3 is 2.77 bits per heavy atom. The second-order valence-corrected chi connectivity index (χ2v) is 6.37. The van der Waals surface area contributed by atoms with E-state index in [1.165, 1.54) is 0 Å². The Balaban J connectivity index is 1.59. The zero-order valence-electron chi connectivity index (χ0n) is 12.7. The van der Waals surface area contributed by atoms with Gasteiger partial charge < -0.3 is 14.4 Å². The van der Waals surface area contributed by atoms with Gasteiger partial charge in [-0.15, -0.1) is 0 Å². The molecule has 0 N–H and O–H groups in total. The summed E-state index contributed by atoms with van der Waals surface area (Å²) in [5.41, 5.74) is 1.08. The molecule has 1 amide bonds. The van der Waals surface area contributed by atoms with Gasteiger partial charge in [0.15, 0.2) is 0 Å². The minimum atomic E-state index is 0.0254. The quantitative estimate of drug-likeness (QED) is 0.858. The number of morpholine rings is 1. The van der Waals surface area contributed by atoms with Crippen LogP contribution in [0.4, 0.5) is 0 Å². The molecule has 3 rings (SSSR count). The lowest BCUT2D eigenvalue weighted by atomic mass is 9.97. The standard InChI is InChI=1S/C17H22ClNO3/c18-16-4-2-1-3-14(16)11-15-12-19(7-10-22-15)17(20)13-5-8-21-9-6-13/h1-4,13,15H,5-12H2/t15-/m1/s1. The first kappa shape index (κ1) is 15.8. The second-order valence-electron chi connectivity index (χ2n) is 5.96. The largest absolute Gasteiger partial charge is 0.381 e. The average molecular weight is 324 g/mol. The van der Waals surface area contributed by atoms with E-state index in [-0.39, 0.29) is 17.9 Å². The van der Waals surface area contributed by atoms with Crippen molar-refractivity contribution in [2.75, 3.05) is 32.9 Å². The molecule has 4 nitrogen and oxygen atoms in total. The van der Waals surface area contributed by atoms with Crippen LogP contribution in [0.15, 0.2) is 24.3 Å². The van der Waals surface area contributed by atoms with Crippen molar-refractivity contribution in [2.24, 2.45) is 5.92 Å². The van der Waals surface area contributed by atoms with E-state index in [0.29, 0.717) is 32.9 Å². The lowest BCUT2D eigenvalue weighted by Gasteiger charge is -2.36. The number of carbonyl (C=O) groups excluding carboxylic acids is 1. The fourth-order valence-corrected chi connectivity index (χ4v) is 3.37. The summed E-state index contributed by atoms with van der Waals surface area (Å²) in [6.45, 7) is 3.34. The lowest BCUT2D eigenvalue weighted by molar-refractivity contribution is -0.146. The van der Waals surface area contributed by atoms with Gasteiger partial charge in [-0.05, 0) is 24.5 Å². The molecule has 0 unspecified atom stereocenters. The highest BCUT2D eigenvalue weighted by atomic mass is 35.5. The lowest BCUT2D eigenvalue weighted by Crippen LogP contribution is -2.49. The molecule has 0 aliphatic carbocycles. The molecule has 2 fully saturated rings. The van der Waals surface area contributed by atoms with Gasteiger partial charge in [-0.2, -0.15) is 0 Å². The van der Waals surface area contributed by atoms with Gasteiger partial charge in [0.1, 0.15) is 0 Å². The van der Waals surface area contributed by atoms with Gasteiger partial charge in [0, 0.05) is 43.7 Å². The Labute approximate surface area is 136 Å². The molecule has 120 valence electrons. The number of hydrogen-bond donors (Lipinski definition) is 0. The van der Waals surface area contributed by atoms with E-state index in [1.54, 1.807) is 0 Å². The fourth-order valence-electron chi connectivity index (χ4n) is 3.15. The Kier molecular flexibility index (Phi) is 5.34. The molecular weight excluding hydrogens is 302 g/mol. The number of hydrogen-bond acceptors (Lipinski definition) is 3. The third-order valence-corrected chi connectivity index (χ3v) is 4.80. The topological polar surface area (TPSA) is 38.8 Å². The van der Waals surface area contributed by atoms with E-state index >= 15 is 0 Å². The summed E-state index contributed by atoms with van der Waals surface area (Å²) in [4.78, 5) is 14.6. The van der Waals surface area contributed by atoms with Gasteiger partial charge >= 0.3 is 0 Å². The predicted molar refractivity (Wildman–Crippen MR) is 85.0 cm³/mol. The number of nitrogens with zero attached hydrogens (tertiary/aromatic N) is 1. The molecule has 0 aromatic heterocycles. The van der Waals surface area contributed by atoms with Crippen molar-refractivity contribution in [2.45, 2.75) is 25.4 Å². The third-order valence-electron chi connectivity index (χ3n) is 4.43. The normalized spacial score (nSPS) is 23.5. The molecule has 2 heterocycles. The molecule has 1 atom stereocenters. The van der Waals surface area contributed by atoms with Crippen molar-refractivity contribution in [3.05, 3.63) is 34.9 Å². The number of ether oxygens (including phenoxy) is 2. The number of amides is 1. The molecular formula is C17H22ClNO3. The molecule has 1 aromatic rings. The molecule has 2 aliphatic rings. The van der Waals surface area contributed by atoms with Gasteiger partial charge in [-0.3, -0.25) is 4.79 Å². The van der Waals surface area contributed by atoms with Crippen LogP contribution in [-0.4, -0.2) is 49.8 Å². The van der Waals surface area contributed by atoms with Crippen LogP contribution < -0.4 is 0 Å². The van der Waals surface area contributed by atoms with Crippen LogP contribution in [0.2, 0.25) is 5.02 Å². The molecule has 2 aliphatic heterocycles. The highest BCUT2D eigenvalue weighted by Gasteiger charge is 2.30. The van der Waals surface area contributed by atoms with Crippen molar-refractivity contribution in [1.29, 1.82) is 0 Å². The number of carbonyl (C=O) groups is 1.